The van der Waals surface area contributed by atoms with Gasteiger partial charge in [-0.2, -0.15) is 12.1 Å². The molecule has 2 unspecified atom stereocenters. The van der Waals surface area contributed by atoms with Crippen LogP contribution < -0.4 is 24.8 Å². The number of halogens is 2. The predicted octanol–water partition coefficient (Wildman–Crippen LogP) is 1.86. The molecule has 2 aromatic heterocycles. The van der Waals surface area contributed by atoms with E-state index in [0.29, 0.717) is 0 Å². The molecule has 0 saturated carbocycles. The Labute approximate surface area is 215 Å². The van der Waals surface area contributed by atoms with Crippen molar-refractivity contribution in [2.45, 2.75) is 0 Å². The van der Waals surface area contributed by atoms with Gasteiger partial charge in [-0.1, -0.05) is 22.7 Å². The third kappa shape index (κ3) is 5.86. The van der Waals surface area contributed by atoms with Crippen LogP contribution in [0.3, 0.4) is 0 Å². The van der Waals surface area contributed by atoms with E-state index in [9.17, 15) is 0 Å². The molecule has 0 radical (unpaired) electrons. The number of rotatable bonds is 2. The number of aromatic nitrogens is 2. The van der Waals surface area contributed by atoms with Gasteiger partial charge in [0.25, 0.3) is 0 Å². The van der Waals surface area contributed by atoms with Crippen molar-refractivity contribution in [2.24, 2.45) is 0 Å². The van der Waals surface area contributed by atoms with E-state index in [1.165, 1.54) is 32.2 Å². The molecule has 0 N–H and O–H groups in total. The molecule has 0 fully saturated rings. The minimum Gasteiger partial charge on any atom is -1.00 e. The number of fused-ring (bicyclic) bond motifs is 2. The van der Waals surface area contributed by atoms with Gasteiger partial charge in [0.2, 0.25) is 0 Å². The van der Waals surface area contributed by atoms with Crippen LogP contribution in [0.5, 0.6) is 0 Å². The molecular formula is C24H18Cl2HfN2P2. The zero-order valence-corrected chi connectivity index (χ0v) is 23.3. The number of hydrogen-bond donors (Lipinski definition) is 0. The second-order valence-corrected chi connectivity index (χ2v) is 10.1. The standard InChI is InChI=1S/2C12H9NP.2ClH.Hf/c2*1-2-5-11-9-12(8-10(11)4-1)14-7-3-6-13-14;;;/h2*1-9H;2*1H;/q2*-1;;;+4/p-2. The van der Waals surface area contributed by atoms with Gasteiger partial charge in [-0.25, -0.2) is 9.49 Å². The van der Waals surface area contributed by atoms with Crippen molar-refractivity contribution >= 4 is 36.9 Å². The first-order chi connectivity index (χ1) is 13.9. The second kappa shape index (κ2) is 12.0. The average molecular weight is 646 g/mol. The van der Waals surface area contributed by atoms with Crippen LogP contribution in [0.4, 0.5) is 0 Å². The van der Waals surface area contributed by atoms with Crippen molar-refractivity contribution in [3.05, 3.63) is 109 Å². The Hall–Kier alpha value is -1.47. The summed E-state index contributed by atoms with van der Waals surface area (Å²) < 4.78 is 8.86. The largest absolute Gasteiger partial charge is 4.00 e. The summed E-state index contributed by atoms with van der Waals surface area (Å²) in [5.74, 6) is 4.37. The van der Waals surface area contributed by atoms with Crippen molar-refractivity contribution in [2.75, 3.05) is 0 Å². The van der Waals surface area contributed by atoms with Crippen molar-refractivity contribution in [1.29, 1.82) is 0 Å². The molecular weight excluding hydrogens is 628 g/mol. The summed E-state index contributed by atoms with van der Waals surface area (Å²) in [5.41, 5.74) is 0. The predicted molar refractivity (Wildman–Crippen MR) is 123 cm³/mol. The third-order valence-electron chi connectivity index (χ3n) is 4.74. The van der Waals surface area contributed by atoms with E-state index < -0.39 is 15.4 Å². The quantitative estimate of drug-likeness (QED) is 0.213. The molecule has 2 atom stereocenters. The normalized spacial score (nSPS) is 11.0. The molecule has 4 aromatic carbocycles. The third-order valence-corrected chi connectivity index (χ3v) is 7.99. The molecule has 0 spiro atoms. The molecule has 0 aliphatic carbocycles. The topological polar surface area (TPSA) is 25.8 Å². The minimum absolute atomic E-state index is 0. The van der Waals surface area contributed by atoms with Gasteiger partial charge < -0.3 is 24.8 Å². The fourth-order valence-corrected chi connectivity index (χ4v) is 6.15. The van der Waals surface area contributed by atoms with Crippen LogP contribution in [0, 0.1) is 0 Å². The molecule has 0 aliphatic rings. The fraction of sp³-hybridized carbons (Fsp3) is 0. The Balaban J connectivity index is 0.000000201. The molecule has 2 nitrogen and oxygen atoms in total. The molecule has 31 heavy (non-hydrogen) atoms. The first-order valence-electron chi connectivity index (χ1n) is 9.18. The molecule has 0 amide bonds. The van der Waals surface area contributed by atoms with E-state index in [1.807, 2.05) is 24.5 Å². The Morgan fingerprint density at radius 1 is 0.581 bits per heavy atom. The van der Waals surface area contributed by atoms with E-state index in [4.69, 9.17) is 0 Å². The van der Waals surface area contributed by atoms with Crippen LogP contribution in [0.25, 0.3) is 32.2 Å². The zero-order valence-electron chi connectivity index (χ0n) is 16.4. The van der Waals surface area contributed by atoms with Gasteiger partial charge in [0.15, 0.2) is 0 Å². The van der Waals surface area contributed by atoms with Crippen molar-refractivity contribution in [3.8, 4) is 10.6 Å². The Morgan fingerprint density at radius 2 is 1.00 bits per heavy atom. The fourth-order valence-electron chi connectivity index (χ4n) is 3.38. The van der Waals surface area contributed by atoms with E-state index in [-0.39, 0.29) is 50.7 Å². The Morgan fingerprint density at radius 3 is 1.35 bits per heavy atom. The average Bonchev–Trinajstić information content (AvgIpc) is 3.54. The van der Waals surface area contributed by atoms with Gasteiger partial charge in [0.05, 0.1) is 0 Å². The van der Waals surface area contributed by atoms with Crippen LogP contribution in [0.1, 0.15) is 0 Å². The van der Waals surface area contributed by atoms with Gasteiger partial charge in [-0.3, -0.25) is 0 Å². The maximum Gasteiger partial charge on any atom is 4.00 e. The monoisotopic (exact) mass is 646 g/mol. The summed E-state index contributed by atoms with van der Waals surface area (Å²) in [5, 5.41) is 7.99. The summed E-state index contributed by atoms with van der Waals surface area (Å²) in [6.07, 6.45) is 3.78. The van der Waals surface area contributed by atoms with E-state index >= 15 is 0 Å². The summed E-state index contributed by atoms with van der Waals surface area (Å²) >= 11 is 0. The molecule has 2 heterocycles. The molecule has 6 rings (SSSR count). The van der Waals surface area contributed by atoms with Gasteiger partial charge in [0.1, 0.15) is 0 Å². The summed E-state index contributed by atoms with van der Waals surface area (Å²) in [6, 6.07) is 29.9. The van der Waals surface area contributed by atoms with Crippen LogP contribution in [-0.4, -0.2) is 9.49 Å². The Kier molecular flexibility index (Phi) is 9.94. The molecule has 7 heteroatoms. The minimum atomic E-state index is -0.398. The molecule has 0 saturated heterocycles. The smallest absolute Gasteiger partial charge is 1.00 e. The molecule has 6 aromatic rings. The molecule has 0 aliphatic heterocycles. The Bertz CT molecular complexity index is 1150. The van der Waals surface area contributed by atoms with E-state index in [0.717, 1.165) is 0 Å². The first kappa shape index (κ1) is 25.8. The van der Waals surface area contributed by atoms with Crippen molar-refractivity contribution < 1.29 is 50.7 Å². The SMILES string of the molecule is [Cl-].[Cl-].[Hf+4].c1ccc2[cH-]c(-p3cccn3)cc2c1.c1ccc2[cH-]c(-p3cccn3)cc2c1. The second-order valence-electron chi connectivity index (χ2n) is 6.59. The number of benzene rings is 2. The van der Waals surface area contributed by atoms with Crippen LogP contribution >= 0.6 is 15.4 Å². The van der Waals surface area contributed by atoms with Gasteiger partial charge in [0, 0.05) is 12.4 Å². The maximum absolute atomic E-state index is 4.43. The van der Waals surface area contributed by atoms with E-state index in [1.54, 1.807) is 0 Å². The number of hydrogen-bond acceptors (Lipinski definition) is 2. The summed E-state index contributed by atoms with van der Waals surface area (Å²) in [6.45, 7) is 0. The molecule has 152 valence electrons. The van der Waals surface area contributed by atoms with Crippen molar-refractivity contribution in [3.63, 3.8) is 0 Å². The van der Waals surface area contributed by atoms with Crippen LogP contribution in [0.15, 0.2) is 109 Å². The zero-order chi connectivity index (χ0) is 18.8. The van der Waals surface area contributed by atoms with Crippen molar-refractivity contribution in [1.82, 2.24) is 9.49 Å². The first-order valence-corrected chi connectivity index (χ1v) is 11.9. The number of nitrogens with zero attached hydrogens (tertiary/aromatic N) is 2. The van der Waals surface area contributed by atoms with Crippen LogP contribution in [0.2, 0.25) is 0 Å². The van der Waals surface area contributed by atoms with Gasteiger partial charge >= 0.3 is 25.8 Å². The summed E-state index contributed by atoms with van der Waals surface area (Å²) in [7, 11) is -0.796. The maximum atomic E-state index is 4.43. The van der Waals surface area contributed by atoms with Gasteiger partial charge in [-0.15, -0.1) is 70.1 Å². The molecule has 0 bridgehead atoms. The van der Waals surface area contributed by atoms with Gasteiger partial charge in [-0.05, 0) is 39.1 Å². The van der Waals surface area contributed by atoms with E-state index in [2.05, 4.69) is 93.9 Å². The summed E-state index contributed by atoms with van der Waals surface area (Å²) in [4.78, 5) is 0. The van der Waals surface area contributed by atoms with Crippen LogP contribution in [-0.2, 0) is 25.8 Å².